The van der Waals surface area contributed by atoms with E-state index >= 15 is 0 Å². The molecule has 1 aromatic heterocycles. The van der Waals surface area contributed by atoms with Gasteiger partial charge in [0, 0.05) is 25.0 Å². The van der Waals surface area contributed by atoms with Crippen LogP contribution in [0.4, 0.5) is 0 Å². The Morgan fingerprint density at radius 1 is 1.64 bits per heavy atom. The Kier molecular flexibility index (Phi) is 2.82. The highest BCUT2D eigenvalue weighted by Gasteiger charge is 2.06. The summed E-state index contributed by atoms with van der Waals surface area (Å²) in [7, 11) is 0. The van der Waals surface area contributed by atoms with E-state index in [-0.39, 0.29) is 6.04 Å². The molecule has 4 N–H and O–H groups in total. The molecule has 0 spiro atoms. The number of hydrogen-bond acceptors (Lipinski definition) is 3. The summed E-state index contributed by atoms with van der Waals surface area (Å²) in [6.07, 6.45) is 3.21. The summed E-state index contributed by atoms with van der Waals surface area (Å²) in [4.78, 5) is 3.83. The molecular weight excluding hydrogens is 162 g/mol. The topological polar surface area (TPSA) is 64.9 Å². The van der Waals surface area contributed by atoms with E-state index in [1.807, 2.05) is 0 Å². The van der Waals surface area contributed by atoms with Gasteiger partial charge in [0.2, 0.25) is 0 Å². The molecule has 0 aromatic carbocycles. The summed E-state index contributed by atoms with van der Waals surface area (Å²) in [5.41, 5.74) is 11.9. The lowest BCUT2D eigenvalue weighted by Gasteiger charge is -2.09. The molecule has 4 heteroatoms. The van der Waals surface area contributed by atoms with E-state index in [4.69, 9.17) is 23.1 Å². The van der Waals surface area contributed by atoms with Crippen molar-refractivity contribution in [1.82, 2.24) is 4.98 Å². The minimum Gasteiger partial charge on any atom is -0.329 e. The zero-order chi connectivity index (χ0) is 8.27. The molecule has 0 aliphatic carbocycles. The number of halogens is 1. The third-order valence-corrected chi connectivity index (χ3v) is 1.77. The SMILES string of the molecule is NC[C@@H](N)c1ccncc1Cl. The quantitative estimate of drug-likeness (QED) is 0.689. The molecule has 1 rings (SSSR count). The molecular formula is C7H10ClN3. The lowest BCUT2D eigenvalue weighted by Crippen LogP contribution is -2.21. The van der Waals surface area contributed by atoms with Crippen LogP contribution >= 0.6 is 11.6 Å². The van der Waals surface area contributed by atoms with Crippen LogP contribution < -0.4 is 11.5 Å². The minimum atomic E-state index is -0.189. The third kappa shape index (κ3) is 1.89. The standard InChI is InChI=1S/C7H10ClN3/c8-6-4-11-2-1-5(6)7(10)3-9/h1-2,4,7H,3,9-10H2/t7-/m1/s1. The zero-order valence-electron chi connectivity index (χ0n) is 6.00. The molecule has 1 atom stereocenters. The van der Waals surface area contributed by atoms with Crippen LogP contribution in [0, 0.1) is 0 Å². The number of pyridine rings is 1. The number of nitrogens with two attached hydrogens (primary N) is 2. The molecule has 0 unspecified atom stereocenters. The van der Waals surface area contributed by atoms with Crippen LogP contribution in [0.5, 0.6) is 0 Å². The molecule has 0 aliphatic heterocycles. The first kappa shape index (κ1) is 8.46. The normalized spacial score (nSPS) is 13.0. The molecule has 3 nitrogen and oxygen atoms in total. The van der Waals surface area contributed by atoms with Gasteiger partial charge in [0.15, 0.2) is 0 Å². The maximum atomic E-state index is 5.80. The average Bonchev–Trinajstić information content (AvgIpc) is 2.04. The Balaban J connectivity index is 2.93. The van der Waals surface area contributed by atoms with E-state index in [0.717, 1.165) is 5.56 Å². The van der Waals surface area contributed by atoms with Crippen LogP contribution in [0.15, 0.2) is 18.5 Å². The zero-order valence-corrected chi connectivity index (χ0v) is 6.75. The fraction of sp³-hybridized carbons (Fsp3) is 0.286. The summed E-state index contributed by atoms with van der Waals surface area (Å²) in [6, 6.07) is 1.59. The van der Waals surface area contributed by atoms with Crippen molar-refractivity contribution in [2.75, 3.05) is 6.54 Å². The van der Waals surface area contributed by atoms with E-state index in [1.54, 1.807) is 18.5 Å². The largest absolute Gasteiger partial charge is 0.329 e. The maximum absolute atomic E-state index is 5.80. The Labute approximate surface area is 70.4 Å². The van der Waals surface area contributed by atoms with Gasteiger partial charge < -0.3 is 11.5 Å². The van der Waals surface area contributed by atoms with Gasteiger partial charge in [-0.2, -0.15) is 0 Å². The van der Waals surface area contributed by atoms with Crippen LogP contribution in [0.2, 0.25) is 5.02 Å². The fourth-order valence-corrected chi connectivity index (χ4v) is 1.07. The Morgan fingerprint density at radius 2 is 2.36 bits per heavy atom. The van der Waals surface area contributed by atoms with Crippen LogP contribution in [-0.2, 0) is 0 Å². The van der Waals surface area contributed by atoms with Crippen LogP contribution in [0.3, 0.4) is 0 Å². The Hall–Kier alpha value is -0.640. The Bertz CT molecular complexity index is 239. The molecule has 1 heterocycles. The second kappa shape index (κ2) is 3.67. The van der Waals surface area contributed by atoms with Gasteiger partial charge in [0.05, 0.1) is 5.02 Å². The van der Waals surface area contributed by atoms with E-state index < -0.39 is 0 Å². The predicted octanol–water partition coefficient (Wildman–Crippen LogP) is 0.693. The van der Waals surface area contributed by atoms with Gasteiger partial charge in [-0.1, -0.05) is 11.6 Å². The van der Waals surface area contributed by atoms with Crippen molar-refractivity contribution < 1.29 is 0 Å². The van der Waals surface area contributed by atoms with Gasteiger partial charge >= 0.3 is 0 Å². The molecule has 0 amide bonds. The van der Waals surface area contributed by atoms with Crippen molar-refractivity contribution in [3.8, 4) is 0 Å². The molecule has 0 bridgehead atoms. The van der Waals surface area contributed by atoms with Gasteiger partial charge in [0.25, 0.3) is 0 Å². The second-order valence-corrected chi connectivity index (χ2v) is 2.65. The first-order valence-corrected chi connectivity index (χ1v) is 3.68. The lowest BCUT2D eigenvalue weighted by molar-refractivity contribution is 0.736. The van der Waals surface area contributed by atoms with Crippen molar-refractivity contribution in [3.05, 3.63) is 29.0 Å². The van der Waals surface area contributed by atoms with Gasteiger partial charge in [-0.25, -0.2) is 0 Å². The second-order valence-electron chi connectivity index (χ2n) is 2.24. The summed E-state index contributed by atoms with van der Waals surface area (Å²) >= 11 is 5.80. The number of nitrogens with zero attached hydrogens (tertiary/aromatic N) is 1. The first-order chi connectivity index (χ1) is 5.25. The smallest absolute Gasteiger partial charge is 0.0637 e. The highest BCUT2D eigenvalue weighted by atomic mass is 35.5. The first-order valence-electron chi connectivity index (χ1n) is 3.30. The van der Waals surface area contributed by atoms with Crippen LogP contribution in [-0.4, -0.2) is 11.5 Å². The van der Waals surface area contributed by atoms with Crippen molar-refractivity contribution in [2.24, 2.45) is 11.5 Å². The molecule has 60 valence electrons. The summed E-state index contributed by atoms with van der Waals surface area (Å²) in [5, 5.41) is 0.574. The fourth-order valence-electron chi connectivity index (χ4n) is 0.814. The van der Waals surface area contributed by atoms with Crippen molar-refractivity contribution in [2.45, 2.75) is 6.04 Å². The van der Waals surface area contributed by atoms with Crippen molar-refractivity contribution in [1.29, 1.82) is 0 Å². The van der Waals surface area contributed by atoms with Crippen LogP contribution in [0.25, 0.3) is 0 Å². The monoisotopic (exact) mass is 171 g/mol. The number of aromatic nitrogens is 1. The summed E-state index contributed by atoms with van der Waals surface area (Å²) in [6.45, 7) is 0.393. The van der Waals surface area contributed by atoms with Gasteiger partial charge in [-0.05, 0) is 11.6 Å². The maximum Gasteiger partial charge on any atom is 0.0637 e. The summed E-state index contributed by atoms with van der Waals surface area (Å²) < 4.78 is 0. The van der Waals surface area contributed by atoms with E-state index in [1.165, 1.54) is 0 Å². The van der Waals surface area contributed by atoms with E-state index in [9.17, 15) is 0 Å². The molecule has 0 aliphatic rings. The van der Waals surface area contributed by atoms with Gasteiger partial charge in [-0.3, -0.25) is 4.98 Å². The lowest BCUT2D eigenvalue weighted by atomic mass is 10.1. The van der Waals surface area contributed by atoms with E-state index in [0.29, 0.717) is 11.6 Å². The van der Waals surface area contributed by atoms with E-state index in [2.05, 4.69) is 4.98 Å². The molecule has 0 saturated heterocycles. The highest BCUT2D eigenvalue weighted by molar-refractivity contribution is 6.31. The average molecular weight is 172 g/mol. The van der Waals surface area contributed by atoms with Crippen molar-refractivity contribution >= 4 is 11.6 Å². The highest BCUT2D eigenvalue weighted by Crippen LogP contribution is 2.18. The Morgan fingerprint density at radius 3 is 2.91 bits per heavy atom. The molecule has 0 saturated carbocycles. The van der Waals surface area contributed by atoms with Crippen LogP contribution in [0.1, 0.15) is 11.6 Å². The van der Waals surface area contributed by atoms with Crippen molar-refractivity contribution in [3.63, 3.8) is 0 Å². The number of hydrogen-bond donors (Lipinski definition) is 2. The molecule has 11 heavy (non-hydrogen) atoms. The van der Waals surface area contributed by atoms with Gasteiger partial charge in [-0.15, -0.1) is 0 Å². The van der Waals surface area contributed by atoms with Gasteiger partial charge in [0.1, 0.15) is 0 Å². The third-order valence-electron chi connectivity index (χ3n) is 1.46. The minimum absolute atomic E-state index is 0.189. The molecule has 0 radical (unpaired) electrons. The summed E-state index contributed by atoms with van der Waals surface area (Å²) in [5.74, 6) is 0. The predicted molar refractivity (Wildman–Crippen MR) is 45.2 cm³/mol. The number of rotatable bonds is 2. The molecule has 0 fully saturated rings. The molecule has 1 aromatic rings.